The number of hydrazine groups is 1. The van der Waals surface area contributed by atoms with E-state index in [-0.39, 0.29) is 45.9 Å². The minimum absolute atomic E-state index is 0.00107. The maximum Gasteiger partial charge on any atom is 0.260 e. The Bertz CT molecular complexity index is 2070. The van der Waals surface area contributed by atoms with Gasteiger partial charge in [-0.05, 0) is 61.1 Å². The molecule has 14 heteroatoms. The number of fused-ring (bicyclic) bond motifs is 5. The highest BCUT2D eigenvalue weighted by atomic mass is 16.7. The number of nitrogens with one attached hydrogen (secondary N) is 3. The van der Waals surface area contributed by atoms with Gasteiger partial charge in [-0.3, -0.25) is 9.59 Å². The maximum absolute atomic E-state index is 14.4. The van der Waals surface area contributed by atoms with Crippen LogP contribution >= 0.6 is 0 Å². The van der Waals surface area contributed by atoms with Crippen molar-refractivity contribution in [3.05, 3.63) is 81.7 Å². The summed E-state index contributed by atoms with van der Waals surface area (Å²) in [6.07, 6.45) is -1.58. The first-order chi connectivity index (χ1) is 23.4. The Morgan fingerprint density at radius 1 is 0.939 bits per heavy atom. The van der Waals surface area contributed by atoms with E-state index in [0.29, 0.717) is 34.9 Å². The molecular formula is C35H34N4O10. The quantitative estimate of drug-likeness (QED) is 0.125. The Morgan fingerprint density at radius 2 is 1.71 bits per heavy atom. The summed E-state index contributed by atoms with van der Waals surface area (Å²) in [5.74, 6) is -3.98. The second-order valence-electron chi connectivity index (χ2n) is 13.9. The maximum atomic E-state index is 14.4. The zero-order valence-electron chi connectivity index (χ0n) is 26.2. The van der Waals surface area contributed by atoms with Crippen molar-refractivity contribution in [3.8, 4) is 11.5 Å². The number of aryl methyl sites for hydroxylation is 1. The van der Waals surface area contributed by atoms with Crippen LogP contribution in [0.2, 0.25) is 0 Å². The first-order valence-corrected chi connectivity index (χ1v) is 16.3. The van der Waals surface area contributed by atoms with Crippen LogP contribution in [-0.2, 0) is 4.74 Å². The number of anilines is 1. The number of hydrogen-bond acceptors (Lipinski definition) is 14. The molecule has 2 aliphatic carbocycles. The van der Waals surface area contributed by atoms with Gasteiger partial charge in [0.2, 0.25) is 5.78 Å². The lowest BCUT2D eigenvalue weighted by Gasteiger charge is -2.59. The van der Waals surface area contributed by atoms with Crippen molar-refractivity contribution in [1.29, 1.82) is 0 Å². The molecule has 3 aromatic rings. The Hall–Kier alpha value is -4.41. The number of phenols is 1. The summed E-state index contributed by atoms with van der Waals surface area (Å²) < 4.78 is 13.0. The number of ketones is 2. The van der Waals surface area contributed by atoms with Crippen molar-refractivity contribution >= 4 is 28.2 Å². The van der Waals surface area contributed by atoms with E-state index in [9.17, 15) is 40.2 Å². The molecule has 7 unspecified atom stereocenters. The van der Waals surface area contributed by atoms with E-state index in [1.54, 1.807) is 13.0 Å². The van der Waals surface area contributed by atoms with Crippen molar-refractivity contribution in [2.45, 2.75) is 74.6 Å². The third-order valence-electron chi connectivity index (χ3n) is 11.3. The molecule has 1 saturated carbocycles. The molecule has 3 spiro atoms. The molecule has 9 N–H and O–H groups in total. The lowest BCUT2D eigenvalue weighted by molar-refractivity contribution is -0.361. The molecule has 10 rings (SSSR count). The Kier molecular flexibility index (Phi) is 6.30. The van der Waals surface area contributed by atoms with Gasteiger partial charge in [-0.2, -0.15) is 0 Å². The van der Waals surface area contributed by atoms with Crippen molar-refractivity contribution < 1.29 is 49.7 Å². The summed E-state index contributed by atoms with van der Waals surface area (Å²) in [4.78, 5) is 33.2. The van der Waals surface area contributed by atoms with Gasteiger partial charge in [-0.25, -0.2) is 10.4 Å². The van der Waals surface area contributed by atoms with Crippen LogP contribution in [0.3, 0.4) is 0 Å². The first-order valence-electron chi connectivity index (χ1n) is 16.3. The molecule has 1 saturated heterocycles. The molecule has 14 nitrogen and oxygen atoms in total. The number of phenolic OH excluding ortho intramolecular Hbond substituents is 1. The summed E-state index contributed by atoms with van der Waals surface area (Å²) in [5, 5.41) is 73.0. The number of aliphatic hydroxyl groups is 5. The Balaban J connectivity index is 1.36. The van der Waals surface area contributed by atoms with Crippen LogP contribution in [0.25, 0.3) is 10.8 Å². The normalized spacial score (nSPS) is 34.0. The number of aliphatic hydroxyl groups excluding tert-OH is 5. The molecule has 1 aromatic heterocycles. The van der Waals surface area contributed by atoms with Gasteiger partial charge in [0.1, 0.15) is 29.5 Å². The number of aromatic nitrogens is 1. The first kappa shape index (κ1) is 30.6. The molecule has 49 heavy (non-hydrogen) atoms. The van der Waals surface area contributed by atoms with Crippen LogP contribution in [0.4, 0.5) is 5.82 Å². The molecule has 6 heterocycles. The van der Waals surface area contributed by atoms with Gasteiger partial charge in [0.15, 0.2) is 23.7 Å². The van der Waals surface area contributed by atoms with E-state index in [0.717, 1.165) is 12.8 Å². The summed E-state index contributed by atoms with van der Waals surface area (Å²) in [6.45, 7) is 1.68. The van der Waals surface area contributed by atoms with E-state index in [1.807, 2.05) is 0 Å². The average Bonchev–Trinajstić information content (AvgIpc) is 3.58. The smallest absolute Gasteiger partial charge is 0.260 e. The summed E-state index contributed by atoms with van der Waals surface area (Å²) in [7, 11) is 0. The molecule has 7 atom stereocenters. The van der Waals surface area contributed by atoms with Crippen LogP contribution in [0, 0.1) is 12.3 Å². The van der Waals surface area contributed by atoms with Crippen molar-refractivity contribution in [3.63, 3.8) is 0 Å². The van der Waals surface area contributed by atoms with Crippen molar-refractivity contribution in [1.82, 2.24) is 15.8 Å². The third-order valence-corrected chi connectivity index (χ3v) is 11.3. The zero-order valence-corrected chi connectivity index (χ0v) is 26.2. The van der Waals surface area contributed by atoms with Gasteiger partial charge in [-0.1, -0.05) is 18.9 Å². The number of rotatable bonds is 0. The predicted octanol–water partition coefficient (Wildman–Crippen LogP) is 0.548. The third kappa shape index (κ3) is 3.76. The van der Waals surface area contributed by atoms with Crippen LogP contribution in [0.5, 0.6) is 11.5 Å². The van der Waals surface area contributed by atoms with Crippen LogP contribution in [0.1, 0.15) is 63.1 Å². The molecule has 2 fully saturated rings. The fourth-order valence-corrected chi connectivity index (χ4v) is 8.93. The molecule has 0 amide bonds. The van der Waals surface area contributed by atoms with Crippen LogP contribution in [0.15, 0.2) is 53.9 Å². The monoisotopic (exact) mass is 670 g/mol. The summed E-state index contributed by atoms with van der Waals surface area (Å²) >= 11 is 0. The van der Waals surface area contributed by atoms with Gasteiger partial charge in [-0.15, -0.1) is 0 Å². The highest BCUT2D eigenvalue weighted by molar-refractivity contribution is 6.34. The van der Waals surface area contributed by atoms with Crippen molar-refractivity contribution in [2.75, 3.05) is 11.9 Å². The van der Waals surface area contributed by atoms with Gasteiger partial charge in [0.05, 0.1) is 17.2 Å². The van der Waals surface area contributed by atoms with E-state index in [2.05, 4.69) is 21.2 Å². The largest absolute Gasteiger partial charge is 0.507 e. The second-order valence-corrected chi connectivity index (χ2v) is 13.9. The summed E-state index contributed by atoms with van der Waals surface area (Å²) in [6, 6.07) is 5.93. The van der Waals surface area contributed by atoms with Crippen LogP contribution < -0.4 is 20.9 Å². The standard InChI is InChI=1S/C35H34N4O10/c1-14-10-17-22(19(40)11-14)26(43)24-20-12-16-15(23(24)25(17)42)5-9-36-31(16)37-13-21(41)33(6-2-3-7-33)28-18-4-8-34(48-20)29(45)27(44)30(46)35(18,49-34)32(47)39-38-28/h4-5,8-12,21,27,29-30,32,38-41,44-47H,2-3,6-7,13H2,1H3,(H,36,37). The van der Waals surface area contributed by atoms with E-state index < -0.39 is 64.8 Å². The fraction of sp³-hybridized carbons (Fsp3) is 0.400. The minimum Gasteiger partial charge on any atom is -0.507 e. The summed E-state index contributed by atoms with van der Waals surface area (Å²) in [5.41, 5.74) is 3.50. The number of pyridine rings is 1. The average molecular weight is 671 g/mol. The van der Waals surface area contributed by atoms with Gasteiger partial charge in [0, 0.05) is 45.9 Å². The molecule has 7 aliphatic rings. The predicted molar refractivity (Wildman–Crippen MR) is 170 cm³/mol. The van der Waals surface area contributed by atoms with Gasteiger partial charge >= 0.3 is 0 Å². The topological polar surface area (TPSA) is 223 Å². The lowest BCUT2D eigenvalue weighted by Crippen LogP contribution is -2.80. The molecule has 254 valence electrons. The second kappa shape index (κ2) is 10.1. The Morgan fingerprint density at radius 3 is 2.49 bits per heavy atom. The minimum atomic E-state index is -2.32. The van der Waals surface area contributed by atoms with Crippen LogP contribution in [-0.4, -0.2) is 95.8 Å². The fourth-order valence-electron chi connectivity index (χ4n) is 8.93. The Labute approximate surface area is 278 Å². The number of carbonyl (C=O) groups is 2. The number of ether oxygens (including phenoxy) is 2. The SMILES string of the molecule is Cc1cc(O)c2c(c1)C(=O)c1c(c3cc4c(nccc14)NCC(O)C1(CCCC1)C1=C4C=CC5(O3)OC4(C(O)NN1)C(O)C(O)C5O)C2=O. The van der Waals surface area contributed by atoms with E-state index in [1.165, 1.54) is 36.5 Å². The van der Waals surface area contributed by atoms with Crippen molar-refractivity contribution in [2.24, 2.45) is 5.41 Å². The lowest BCUT2D eigenvalue weighted by atomic mass is 9.67. The van der Waals surface area contributed by atoms with Gasteiger partial charge in [0.25, 0.3) is 5.79 Å². The molecule has 6 bridgehead atoms. The number of nitrogens with zero attached hydrogens (tertiary/aromatic N) is 1. The highest BCUT2D eigenvalue weighted by Gasteiger charge is 2.69. The molecular weight excluding hydrogens is 636 g/mol. The zero-order chi connectivity index (χ0) is 34.2. The molecule has 0 radical (unpaired) electrons. The molecule has 2 aromatic carbocycles. The van der Waals surface area contributed by atoms with Gasteiger partial charge < -0.3 is 50.9 Å². The molecule has 5 aliphatic heterocycles. The number of hydrogen-bond donors (Lipinski definition) is 9. The number of benzene rings is 2. The number of carbonyl (C=O) groups excluding carboxylic acids is 2. The van der Waals surface area contributed by atoms with E-state index >= 15 is 0 Å². The highest BCUT2D eigenvalue weighted by Crippen LogP contribution is 2.56. The number of aromatic hydroxyl groups is 1. The van der Waals surface area contributed by atoms with E-state index in [4.69, 9.17) is 9.47 Å².